The number of benzene rings is 2. The summed E-state index contributed by atoms with van der Waals surface area (Å²) >= 11 is 3.37. The van der Waals surface area contributed by atoms with E-state index in [1.165, 1.54) is 0 Å². The normalized spacial score (nSPS) is 10.2. The molecule has 0 saturated carbocycles. The third kappa shape index (κ3) is 2.56. The lowest BCUT2D eigenvalue weighted by Crippen LogP contribution is -1.99. The molecular formula is C14H11BrO2. The van der Waals surface area contributed by atoms with E-state index in [0.29, 0.717) is 5.56 Å². The Labute approximate surface area is 108 Å². The summed E-state index contributed by atoms with van der Waals surface area (Å²) in [7, 11) is 0. The topological polar surface area (TPSA) is 37.3 Å². The maximum absolute atomic E-state index is 11.1. The zero-order chi connectivity index (χ0) is 12.4. The van der Waals surface area contributed by atoms with Crippen LogP contribution in [0.25, 0.3) is 11.1 Å². The molecule has 0 atom stereocenters. The summed E-state index contributed by atoms with van der Waals surface area (Å²) in [5, 5.41) is 9.07. The molecule has 0 radical (unpaired) electrons. The molecular weight excluding hydrogens is 280 g/mol. The van der Waals surface area contributed by atoms with Crippen molar-refractivity contribution >= 4 is 21.9 Å². The molecule has 2 aromatic carbocycles. The number of rotatable bonds is 2. The maximum atomic E-state index is 11.1. The van der Waals surface area contributed by atoms with Crippen molar-refractivity contribution in [3.8, 4) is 11.1 Å². The molecule has 17 heavy (non-hydrogen) atoms. The van der Waals surface area contributed by atoms with Gasteiger partial charge in [-0.05, 0) is 41.8 Å². The number of carboxylic acid groups (broad SMARTS) is 1. The lowest BCUT2D eigenvalue weighted by atomic mass is 10.00. The molecule has 0 aromatic heterocycles. The number of aromatic carboxylic acids is 1. The van der Waals surface area contributed by atoms with Gasteiger partial charge in [0.1, 0.15) is 0 Å². The van der Waals surface area contributed by atoms with Gasteiger partial charge in [0, 0.05) is 4.47 Å². The van der Waals surface area contributed by atoms with Crippen LogP contribution in [-0.2, 0) is 0 Å². The Hall–Kier alpha value is -1.61. The zero-order valence-electron chi connectivity index (χ0n) is 9.27. The third-order valence-corrected chi connectivity index (χ3v) is 3.17. The van der Waals surface area contributed by atoms with E-state index in [-0.39, 0.29) is 0 Å². The lowest BCUT2D eigenvalue weighted by molar-refractivity contribution is 0.0696. The largest absolute Gasteiger partial charge is 0.478 e. The SMILES string of the molecule is Cc1ccc(-c2ccc(Br)cc2)cc1C(=O)O. The number of hydrogen-bond donors (Lipinski definition) is 1. The standard InChI is InChI=1S/C14H11BrO2/c1-9-2-3-11(8-13(9)14(16)17)10-4-6-12(15)7-5-10/h2-8H,1H3,(H,16,17). The van der Waals surface area contributed by atoms with E-state index in [4.69, 9.17) is 5.11 Å². The van der Waals surface area contributed by atoms with Gasteiger partial charge < -0.3 is 5.11 Å². The van der Waals surface area contributed by atoms with Gasteiger partial charge in [0.2, 0.25) is 0 Å². The first-order valence-corrected chi connectivity index (χ1v) is 5.97. The number of halogens is 1. The number of carboxylic acids is 1. The molecule has 0 spiro atoms. The van der Waals surface area contributed by atoms with Gasteiger partial charge in [-0.25, -0.2) is 4.79 Å². The van der Waals surface area contributed by atoms with E-state index < -0.39 is 5.97 Å². The Kier molecular flexibility index (Phi) is 3.29. The van der Waals surface area contributed by atoms with Crippen LogP contribution in [0.1, 0.15) is 15.9 Å². The van der Waals surface area contributed by atoms with Crippen LogP contribution in [0.5, 0.6) is 0 Å². The third-order valence-electron chi connectivity index (χ3n) is 2.65. The van der Waals surface area contributed by atoms with Crippen molar-refractivity contribution in [1.29, 1.82) is 0 Å². The first-order chi connectivity index (χ1) is 8.08. The van der Waals surface area contributed by atoms with Crippen molar-refractivity contribution in [2.45, 2.75) is 6.92 Å². The summed E-state index contributed by atoms with van der Waals surface area (Å²) in [6, 6.07) is 13.3. The Morgan fingerprint density at radius 2 is 1.65 bits per heavy atom. The molecule has 2 rings (SSSR count). The highest BCUT2D eigenvalue weighted by atomic mass is 79.9. The van der Waals surface area contributed by atoms with Crippen molar-refractivity contribution in [1.82, 2.24) is 0 Å². The van der Waals surface area contributed by atoms with Gasteiger partial charge in [0.25, 0.3) is 0 Å². The second-order valence-electron chi connectivity index (χ2n) is 3.84. The summed E-state index contributed by atoms with van der Waals surface area (Å²) in [5.74, 6) is -0.888. The molecule has 0 aliphatic rings. The fourth-order valence-corrected chi connectivity index (χ4v) is 1.94. The minimum Gasteiger partial charge on any atom is -0.478 e. The average Bonchev–Trinajstić information content (AvgIpc) is 2.30. The Morgan fingerprint density at radius 3 is 2.24 bits per heavy atom. The van der Waals surface area contributed by atoms with Gasteiger partial charge >= 0.3 is 5.97 Å². The van der Waals surface area contributed by atoms with Crippen LogP contribution in [0.15, 0.2) is 46.9 Å². The molecule has 0 aliphatic carbocycles. The lowest BCUT2D eigenvalue weighted by Gasteiger charge is -2.06. The van der Waals surface area contributed by atoms with Crippen molar-refractivity contribution < 1.29 is 9.90 Å². The molecule has 3 heteroatoms. The van der Waals surface area contributed by atoms with E-state index in [1.807, 2.05) is 36.4 Å². The smallest absolute Gasteiger partial charge is 0.335 e. The predicted octanol–water partition coefficient (Wildman–Crippen LogP) is 4.12. The highest BCUT2D eigenvalue weighted by molar-refractivity contribution is 9.10. The fourth-order valence-electron chi connectivity index (χ4n) is 1.67. The van der Waals surface area contributed by atoms with E-state index in [1.54, 1.807) is 13.0 Å². The molecule has 86 valence electrons. The van der Waals surface area contributed by atoms with Crippen LogP contribution in [0, 0.1) is 6.92 Å². The van der Waals surface area contributed by atoms with E-state index in [9.17, 15) is 4.79 Å². The Balaban J connectivity index is 2.50. The first kappa shape index (κ1) is 11.9. The van der Waals surface area contributed by atoms with Gasteiger partial charge in [0.05, 0.1) is 5.56 Å². The zero-order valence-corrected chi connectivity index (χ0v) is 10.9. The van der Waals surface area contributed by atoms with Crippen LogP contribution in [-0.4, -0.2) is 11.1 Å². The molecule has 0 heterocycles. The molecule has 0 saturated heterocycles. The van der Waals surface area contributed by atoms with Gasteiger partial charge in [-0.1, -0.05) is 40.2 Å². The molecule has 0 bridgehead atoms. The molecule has 1 N–H and O–H groups in total. The van der Waals surface area contributed by atoms with Crippen LogP contribution >= 0.6 is 15.9 Å². The van der Waals surface area contributed by atoms with Crippen LogP contribution in [0.2, 0.25) is 0 Å². The summed E-state index contributed by atoms with van der Waals surface area (Å²) in [6.45, 7) is 1.80. The predicted molar refractivity (Wildman–Crippen MR) is 71.3 cm³/mol. The Bertz CT molecular complexity index is 559. The van der Waals surface area contributed by atoms with Crippen molar-refractivity contribution in [2.24, 2.45) is 0 Å². The highest BCUT2D eigenvalue weighted by Crippen LogP contribution is 2.24. The van der Waals surface area contributed by atoms with Gasteiger partial charge in [-0.3, -0.25) is 0 Å². The van der Waals surface area contributed by atoms with E-state index in [2.05, 4.69) is 15.9 Å². The average molecular weight is 291 g/mol. The van der Waals surface area contributed by atoms with Crippen molar-refractivity contribution in [2.75, 3.05) is 0 Å². The number of carbonyl (C=O) groups is 1. The van der Waals surface area contributed by atoms with Gasteiger partial charge in [-0.15, -0.1) is 0 Å². The minimum atomic E-state index is -0.888. The van der Waals surface area contributed by atoms with Crippen molar-refractivity contribution in [3.05, 3.63) is 58.1 Å². The number of aryl methyl sites for hydroxylation is 1. The second kappa shape index (κ2) is 4.72. The summed E-state index contributed by atoms with van der Waals surface area (Å²) < 4.78 is 1.01. The second-order valence-corrected chi connectivity index (χ2v) is 4.76. The van der Waals surface area contributed by atoms with Crippen LogP contribution in [0.4, 0.5) is 0 Å². The Morgan fingerprint density at radius 1 is 1.06 bits per heavy atom. The van der Waals surface area contributed by atoms with Gasteiger partial charge in [-0.2, -0.15) is 0 Å². The summed E-state index contributed by atoms with van der Waals surface area (Å²) in [5.41, 5.74) is 3.06. The molecule has 0 unspecified atom stereocenters. The molecule has 2 nitrogen and oxygen atoms in total. The van der Waals surface area contributed by atoms with E-state index >= 15 is 0 Å². The number of hydrogen-bond acceptors (Lipinski definition) is 1. The minimum absolute atomic E-state index is 0.352. The van der Waals surface area contributed by atoms with E-state index in [0.717, 1.165) is 21.2 Å². The molecule has 0 amide bonds. The first-order valence-electron chi connectivity index (χ1n) is 5.18. The summed E-state index contributed by atoms with van der Waals surface area (Å²) in [6.07, 6.45) is 0. The fraction of sp³-hybridized carbons (Fsp3) is 0.0714. The molecule has 2 aromatic rings. The maximum Gasteiger partial charge on any atom is 0.335 e. The summed E-state index contributed by atoms with van der Waals surface area (Å²) in [4.78, 5) is 11.1. The van der Waals surface area contributed by atoms with Crippen LogP contribution in [0.3, 0.4) is 0 Å². The highest BCUT2D eigenvalue weighted by Gasteiger charge is 2.08. The van der Waals surface area contributed by atoms with Crippen LogP contribution < -0.4 is 0 Å². The molecule has 0 fully saturated rings. The quantitative estimate of drug-likeness (QED) is 0.903. The van der Waals surface area contributed by atoms with Gasteiger partial charge in [0.15, 0.2) is 0 Å². The van der Waals surface area contributed by atoms with Crippen molar-refractivity contribution in [3.63, 3.8) is 0 Å². The molecule has 0 aliphatic heterocycles. The monoisotopic (exact) mass is 290 g/mol.